The maximum Gasteiger partial charge on any atom is 0.305 e. The van der Waals surface area contributed by atoms with Crippen LogP contribution < -0.4 is 5.32 Å². The molecule has 0 radical (unpaired) electrons. The van der Waals surface area contributed by atoms with Gasteiger partial charge in [-0.3, -0.25) is 9.59 Å². The van der Waals surface area contributed by atoms with E-state index in [0.29, 0.717) is 10.6 Å². The lowest BCUT2D eigenvalue weighted by Gasteiger charge is -2.17. The van der Waals surface area contributed by atoms with Gasteiger partial charge in [-0.2, -0.15) is 0 Å². The summed E-state index contributed by atoms with van der Waals surface area (Å²) < 4.78 is 4.97. The Kier molecular flexibility index (Phi) is 4.42. The van der Waals surface area contributed by atoms with Crippen LogP contribution in [0, 0.1) is 0 Å². The van der Waals surface area contributed by atoms with Crippen LogP contribution >= 0.6 is 11.6 Å². The Hall–Kier alpha value is -2.27. The summed E-state index contributed by atoms with van der Waals surface area (Å²) >= 11 is 6.04. The van der Waals surface area contributed by atoms with Gasteiger partial charge in [-0.15, -0.1) is 0 Å². The molecule has 0 bridgehead atoms. The zero-order valence-corrected chi connectivity index (χ0v) is 11.1. The SMILES string of the molecule is O=C(O)C[C@@H](NC(=O)c1ccco1)c1ccccc1Cl. The molecule has 2 aromatic rings. The second-order valence-electron chi connectivity index (χ2n) is 4.12. The van der Waals surface area contributed by atoms with Crippen LogP contribution in [-0.4, -0.2) is 17.0 Å². The smallest absolute Gasteiger partial charge is 0.305 e. The Morgan fingerprint density at radius 1 is 1.25 bits per heavy atom. The highest BCUT2D eigenvalue weighted by Crippen LogP contribution is 2.25. The molecule has 6 heteroatoms. The van der Waals surface area contributed by atoms with Gasteiger partial charge in [0.1, 0.15) is 0 Å². The molecule has 0 saturated heterocycles. The third-order valence-electron chi connectivity index (χ3n) is 2.71. The number of carbonyl (C=O) groups excluding carboxylic acids is 1. The number of benzene rings is 1. The molecule has 1 heterocycles. The summed E-state index contributed by atoms with van der Waals surface area (Å²) in [5.41, 5.74) is 0.552. The second kappa shape index (κ2) is 6.25. The monoisotopic (exact) mass is 293 g/mol. The van der Waals surface area contributed by atoms with Gasteiger partial charge in [-0.1, -0.05) is 29.8 Å². The fraction of sp³-hybridized carbons (Fsp3) is 0.143. The number of carboxylic acid groups (broad SMARTS) is 1. The highest BCUT2D eigenvalue weighted by atomic mass is 35.5. The first-order valence-corrected chi connectivity index (χ1v) is 6.26. The Bertz CT molecular complexity index is 609. The number of amides is 1. The summed E-state index contributed by atoms with van der Waals surface area (Å²) in [7, 11) is 0. The molecule has 0 spiro atoms. The zero-order valence-electron chi connectivity index (χ0n) is 10.4. The van der Waals surface area contributed by atoms with E-state index >= 15 is 0 Å². The summed E-state index contributed by atoms with van der Waals surface area (Å²) in [5, 5.41) is 12.0. The number of furan rings is 1. The van der Waals surface area contributed by atoms with Crippen molar-refractivity contribution in [1.29, 1.82) is 0 Å². The largest absolute Gasteiger partial charge is 0.481 e. The minimum atomic E-state index is -1.03. The molecule has 2 N–H and O–H groups in total. The van der Waals surface area contributed by atoms with Gasteiger partial charge in [0.15, 0.2) is 5.76 Å². The van der Waals surface area contributed by atoms with Crippen LogP contribution in [0.4, 0.5) is 0 Å². The predicted octanol–water partition coefficient (Wildman–Crippen LogP) is 2.88. The summed E-state index contributed by atoms with van der Waals surface area (Å²) in [4.78, 5) is 22.9. The molecule has 1 aromatic carbocycles. The minimum absolute atomic E-state index is 0.118. The quantitative estimate of drug-likeness (QED) is 0.888. The molecule has 0 fully saturated rings. The van der Waals surface area contributed by atoms with Gasteiger partial charge in [0.2, 0.25) is 0 Å². The number of hydrogen-bond acceptors (Lipinski definition) is 3. The standard InChI is InChI=1S/C14H12ClNO4/c15-10-5-2-1-4-9(10)11(8-13(17)18)16-14(19)12-6-3-7-20-12/h1-7,11H,8H2,(H,16,19)(H,17,18)/t11-/m1/s1. The summed E-state index contributed by atoms with van der Waals surface area (Å²) in [6.45, 7) is 0. The maximum absolute atomic E-state index is 11.9. The molecule has 0 aliphatic carbocycles. The van der Waals surface area contributed by atoms with E-state index in [1.165, 1.54) is 12.3 Å². The van der Waals surface area contributed by atoms with E-state index < -0.39 is 17.9 Å². The van der Waals surface area contributed by atoms with Crippen molar-refractivity contribution in [3.8, 4) is 0 Å². The van der Waals surface area contributed by atoms with Crippen molar-refractivity contribution < 1.29 is 19.1 Å². The lowest BCUT2D eigenvalue weighted by Crippen LogP contribution is -2.30. The Labute approximate surface area is 120 Å². The highest BCUT2D eigenvalue weighted by molar-refractivity contribution is 6.31. The first-order valence-electron chi connectivity index (χ1n) is 5.88. The van der Waals surface area contributed by atoms with E-state index in [1.807, 2.05) is 0 Å². The van der Waals surface area contributed by atoms with Crippen LogP contribution in [0.2, 0.25) is 5.02 Å². The van der Waals surface area contributed by atoms with Gasteiger partial charge in [-0.05, 0) is 23.8 Å². The van der Waals surface area contributed by atoms with E-state index in [2.05, 4.69) is 5.32 Å². The minimum Gasteiger partial charge on any atom is -0.481 e. The Morgan fingerprint density at radius 2 is 2.00 bits per heavy atom. The number of carboxylic acids is 1. The predicted molar refractivity (Wildman–Crippen MR) is 72.6 cm³/mol. The molecule has 104 valence electrons. The Balaban J connectivity index is 2.22. The molecule has 5 nitrogen and oxygen atoms in total. The van der Waals surface area contributed by atoms with Crippen molar-refractivity contribution in [3.63, 3.8) is 0 Å². The van der Waals surface area contributed by atoms with Crippen molar-refractivity contribution in [2.75, 3.05) is 0 Å². The fourth-order valence-corrected chi connectivity index (χ4v) is 2.08. The van der Waals surface area contributed by atoms with Gasteiger partial charge >= 0.3 is 5.97 Å². The summed E-state index contributed by atoms with van der Waals surface area (Å²) in [5.74, 6) is -1.40. The van der Waals surface area contributed by atoms with E-state index in [-0.39, 0.29) is 12.2 Å². The molecular weight excluding hydrogens is 282 g/mol. The molecular formula is C14H12ClNO4. The number of halogens is 1. The molecule has 1 amide bonds. The number of rotatable bonds is 5. The van der Waals surface area contributed by atoms with Gasteiger partial charge in [0, 0.05) is 5.02 Å². The molecule has 0 aliphatic rings. The van der Waals surface area contributed by atoms with Crippen molar-refractivity contribution in [2.45, 2.75) is 12.5 Å². The van der Waals surface area contributed by atoms with Crippen LogP contribution in [0.25, 0.3) is 0 Å². The van der Waals surface area contributed by atoms with E-state index in [1.54, 1.807) is 30.3 Å². The number of aliphatic carboxylic acids is 1. The van der Waals surface area contributed by atoms with Crippen LogP contribution in [0.5, 0.6) is 0 Å². The Morgan fingerprint density at radius 3 is 2.60 bits per heavy atom. The van der Waals surface area contributed by atoms with Crippen molar-refractivity contribution in [1.82, 2.24) is 5.32 Å². The topological polar surface area (TPSA) is 79.5 Å². The van der Waals surface area contributed by atoms with Crippen LogP contribution in [0.3, 0.4) is 0 Å². The maximum atomic E-state index is 11.9. The van der Waals surface area contributed by atoms with Gasteiger partial charge in [0.05, 0.1) is 18.7 Å². The third-order valence-corrected chi connectivity index (χ3v) is 3.05. The fourth-order valence-electron chi connectivity index (χ4n) is 1.81. The van der Waals surface area contributed by atoms with Crippen LogP contribution in [-0.2, 0) is 4.79 Å². The zero-order chi connectivity index (χ0) is 14.5. The van der Waals surface area contributed by atoms with Gasteiger partial charge < -0.3 is 14.8 Å². The molecule has 1 aromatic heterocycles. The average Bonchev–Trinajstić information content (AvgIpc) is 2.92. The first-order chi connectivity index (χ1) is 9.58. The normalized spacial score (nSPS) is 11.8. The summed E-state index contributed by atoms with van der Waals surface area (Å²) in [6.07, 6.45) is 1.10. The lowest BCUT2D eigenvalue weighted by molar-refractivity contribution is -0.137. The third kappa shape index (κ3) is 3.39. The molecule has 0 unspecified atom stereocenters. The van der Waals surface area contributed by atoms with Gasteiger partial charge in [0.25, 0.3) is 5.91 Å². The van der Waals surface area contributed by atoms with Crippen LogP contribution in [0.1, 0.15) is 28.6 Å². The first kappa shape index (κ1) is 14.1. The van der Waals surface area contributed by atoms with Gasteiger partial charge in [-0.25, -0.2) is 0 Å². The molecule has 0 aliphatic heterocycles. The van der Waals surface area contributed by atoms with E-state index in [9.17, 15) is 9.59 Å². The molecule has 0 saturated carbocycles. The molecule has 20 heavy (non-hydrogen) atoms. The molecule has 1 atom stereocenters. The second-order valence-corrected chi connectivity index (χ2v) is 4.53. The van der Waals surface area contributed by atoms with E-state index in [0.717, 1.165) is 0 Å². The van der Waals surface area contributed by atoms with Crippen molar-refractivity contribution in [2.24, 2.45) is 0 Å². The van der Waals surface area contributed by atoms with Crippen molar-refractivity contribution in [3.05, 3.63) is 59.0 Å². The van der Waals surface area contributed by atoms with E-state index in [4.69, 9.17) is 21.1 Å². The summed E-state index contributed by atoms with van der Waals surface area (Å²) in [6, 6.07) is 9.14. The van der Waals surface area contributed by atoms with Crippen molar-refractivity contribution >= 4 is 23.5 Å². The average molecular weight is 294 g/mol. The number of hydrogen-bond donors (Lipinski definition) is 2. The molecule has 2 rings (SSSR count). The number of nitrogens with one attached hydrogen (secondary N) is 1. The lowest BCUT2D eigenvalue weighted by atomic mass is 10.0. The highest BCUT2D eigenvalue weighted by Gasteiger charge is 2.21. The van der Waals surface area contributed by atoms with Crippen LogP contribution in [0.15, 0.2) is 47.1 Å². The number of carbonyl (C=O) groups is 2.